The largest absolute Gasteiger partial charge is 0.493 e. The van der Waals surface area contributed by atoms with Crippen molar-refractivity contribution < 1.29 is 14.6 Å². The molecule has 7 nitrogen and oxygen atoms in total. The van der Waals surface area contributed by atoms with Crippen LogP contribution in [0.5, 0.6) is 11.5 Å². The van der Waals surface area contributed by atoms with Crippen LogP contribution in [-0.4, -0.2) is 40.9 Å². The van der Waals surface area contributed by atoms with E-state index in [0.717, 1.165) is 29.8 Å². The molecule has 7 heteroatoms. The van der Waals surface area contributed by atoms with E-state index >= 15 is 0 Å². The summed E-state index contributed by atoms with van der Waals surface area (Å²) in [4.78, 5) is 0. The van der Waals surface area contributed by atoms with Crippen LogP contribution in [-0.2, 0) is 25.9 Å². The SMILES string of the molecule is COc1ccc(CCc2c(CN)nnn2CCO)cc1OC. The highest BCUT2D eigenvalue weighted by Crippen LogP contribution is 2.28. The predicted molar refractivity (Wildman–Crippen MR) is 82.0 cm³/mol. The van der Waals surface area contributed by atoms with Crippen LogP contribution in [0.2, 0.25) is 0 Å². The normalized spacial score (nSPS) is 10.7. The molecule has 3 N–H and O–H groups in total. The van der Waals surface area contributed by atoms with Gasteiger partial charge in [0.05, 0.1) is 38.8 Å². The molecule has 2 aromatic rings. The molecule has 0 saturated carbocycles. The highest BCUT2D eigenvalue weighted by atomic mass is 16.5. The molecule has 0 fully saturated rings. The molecule has 22 heavy (non-hydrogen) atoms. The van der Waals surface area contributed by atoms with Gasteiger partial charge in [0, 0.05) is 6.54 Å². The third-order valence-corrected chi connectivity index (χ3v) is 3.52. The van der Waals surface area contributed by atoms with E-state index < -0.39 is 0 Å². The molecule has 0 spiro atoms. The first-order valence-electron chi connectivity index (χ1n) is 7.16. The fourth-order valence-corrected chi connectivity index (χ4v) is 2.37. The molecule has 0 bridgehead atoms. The van der Waals surface area contributed by atoms with Gasteiger partial charge in [-0.15, -0.1) is 5.10 Å². The van der Waals surface area contributed by atoms with Crippen LogP contribution in [0.25, 0.3) is 0 Å². The quantitative estimate of drug-likeness (QED) is 0.739. The smallest absolute Gasteiger partial charge is 0.160 e. The number of aliphatic hydroxyl groups excluding tert-OH is 1. The Morgan fingerprint density at radius 3 is 2.59 bits per heavy atom. The van der Waals surface area contributed by atoms with Gasteiger partial charge >= 0.3 is 0 Å². The van der Waals surface area contributed by atoms with Crippen LogP contribution in [0.1, 0.15) is 17.0 Å². The Balaban J connectivity index is 2.14. The number of nitrogens with zero attached hydrogens (tertiary/aromatic N) is 3. The summed E-state index contributed by atoms with van der Waals surface area (Å²) in [7, 11) is 3.23. The van der Waals surface area contributed by atoms with Crippen molar-refractivity contribution >= 4 is 0 Å². The molecule has 0 aliphatic carbocycles. The number of aliphatic hydroxyl groups is 1. The summed E-state index contributed by atoms with van der Waals surface area (Å²) in [6.07, 6.45) is 1.54. The van der Waals surface area contributed by atoms with E-state index in [1.807, 2.05) is 18.2 Å². The maximum absolute atomic E-state index is 9.09. The lowest BCUT2D eigenvalue weighted by molar-refractivity contribution is 0.266. The zero-order valence-electron chi connectivity index (χ0n) is 13.0. The Labute approximate surface area is 129 Å². The summed E-state index contributed by atoms with van der Waals surface area (Å²) in [5.74, 6) is 1.42. The molecule has 0 radical (unpaired) electrons. The van der Waals surface area contributed by atoms with Crippen LogP contribution in [0, 0.1) is 0 Å². The van der Waals surface area contributed by atoms with Gasteiger partial charge < -0.3 is 20.3 Å². The van der Waals surface area contributed by atoms with Gasteiger partial charge in [-0.3, -0.25) is 0 Å². The van der Waals surface area contributed by atoms with Crippen molar-refractivity contribution in [3.05, 3.63) is 35.2 Å². The van der Waals surface area contributed by atoms with E-state index in [0.29, 0.717) is 24.6 Å². The van der Waals surface area contributed by atoms with Gasteiger partial charge in [-0.05, 0) is 30.5 Å². The van der Waals surface area contributed by atoms with Crippen LogP contribution >= 0.6 is 0 Å². The molecule has 1 heterocycles. The third kappa shape index (κ3) is 3.55. The molecular weight excluding hydrogens is 284 g/mol. The topological polar surface area (TPSA) is 95.4 Å². The van der Waals surface area contributed by atoms with E-state index in [4.69, 9.17) is 20.3 Å². The molecule has 0 aliphatic heterocycles. The van der Waals surface area contributed by atoms with Crippen molar-refractivity contribution in [1.29, 1.82) is 0 Å². The minimum absolute atomic E-state index is 0.0245. The first-order valence-corrected chi connectivity index (χ1v) is 7.16. The Hall–Kier alpha value is -2.12. The number of methoxy groups -OCH3 is 2. The van der Waals surface area contributed by atoms with E-state index in [1.54, 1.807) is 18.9 Å². The third-order valence-electron chi connectivity index (χ3n) is 3.52. The Kier molecular flexibility index (Phi) is 5.74. The lowest BCUT2D eigenvalue weighted by atomic mass is 10.1. The van der Waals surface area contributed by atoms with Crippen LogP contribution < -0.4 is 15.2 Å². The summed E-state index contributed by atoms with van der Waals surface area (Å²) in [6.45, 7) is 0.789. The van der Waals surface area contributed by atoms with Crippen LogP contribution in [0.15, 0.2) is 18.2 Å². The standard InChI is InChI=1S/C15H22N4O3/c1-21-14-6-4-11(9-15(14)22-2)3-5-13-12(10-16)17-18-19(13)7-8-20/h4,6,9,20H,3,5,7-8,10,16H2,1-2H3. The number of aromatic nitrogens is 3. The number of rotatable bonds is 8. The maximum Gasteiger partial charge on any atom is 0.160 e. The zero-order chi connectivity index (χ0) is 15.9. The van der Waals surface area contributed by atoms with E-state index in [2.05, 4.69) is 10.3 Å². The molecule has 0 aliphatic rings. The van der Waals surface area contributed by atoms with Crippen LogP contribution in [0.3, 0.4) is 0 Å². The van der Waals surface area contributed by atoms with Crippen molar-refractivity contribution in [3.63, 3.8) is 0 Å². The van der Waals surface area contributed by atoms with Crippen molar-refractivity contribution in [3.8, 4) is 11.5 Å². The lowest BCUT2D eigenvalue weighted by Gasteiger charge is -2.10. The monoisotopic (exact) mass is 306 g/mol. The minimum atomic E-state index is 0.0245. The van der Waals surface area contributed by atoms with Gasteiger partial charge in [-0.25, -0.2) is 4.68 Å². The second-order valence-corrected chi connectivity index (χ2v) is 4.82. The van der Waals surface area contributed by atoms with Crippen molar-refractivity contribution in [2.75, 3.05) is 20.8 Å². The molecule has 1 aromatic heterocycles. The number of hydrogen-bond donors (Lipinski definition) is 2. The molecule has 2 rings (SSSR count). The van der Waals surface area contributed by atoms with Gasteiger partial charge in [-0.2, -0.15) is 0 Å². The fourth-order valence-electron chi connectivity index (χ4n) is 2.37. The number of benzene rings is 1. The number of aryl methyl sites for hydroxylation is 1. The summed E-state index contributed by atoms with van der Waals surface area (Å²) >= 11 is 0. The van der Waals surface area contributed by atoms with Gasteiger partial charge in [0.25, 0.3) is 0 Å². The van der Waals surface area contributed by atoms with E-state index in [-0.39, 0.29) is 6.61 Å². The maximum atomic E-state index is 9.09. The second-order valence-electron chi connectivity index (χ2n) is 4.82. The minimum Gasteiger partial charge on any atom is -0.493 e. The Morgan fingerprint density at radius 2 is 1.95 bits per heavy atom. The van der Waals surface area contributed by atoms with E-state index in [1.165, 1.54) is 0 Å². The number of ether oxygens (including phenoxy) is 2. The number of nitrogens with two attached hydrogens (primary N) is 1. The molecule has 0 saturated heterocycles. The van der Waals surface area contributed by atoms with Crippen LogP contribution in [0.4, 0.5) is 0 Å². The lowest BCUT2D eigenvalue weighted by Crippen LogP contribution is -2.11. The molecule has 0 unspecified atom stereocenters. The van der Waals surface area contributed by atoms with Gasteiger partial charge in [-0.1, -0.05) is 11.3 Å². The average molecular weight is 306 g/mol. The fraction of sp³-hybridized carbons (Fsp3) is 0.467. The number of hydrogen-bond acceptors (Lipinski definition) is 6. The van der Waals surface area contributed by atoms with Crippen molar-refractivity contribution in [2.45, 2.75) is 25.9 Å². The summed E-state index contributed by atoms with van der Waals surface area (Å²) in [5.41, 5.74) is 8.56. The molecular formula is C15H22N4O3. The molecule has 0 amide bonds. The molecule has 1 aromatic carbocycles. The first-order chi connectivity index (χ1) is 10.7. The van der Waals surface area contributed by atoms with Gasteiger partial charge in [0.1, 0.15) is 0 Å². The van der Waals surface area contributed by atoms with E-state index in [9.17, 15) is 0 Å². The first kappa shape index (κ1) is 16.3. The summed E-state index contributed by atoms with van der Waals surface area (Å²) in [5, 5.41) is 17.2. The summed E-state index contributed by atoms with van der Waals surface area (Å²) < 4.78 is 12.3. The Morgan fingerprint density at radius 1 is 1.18 bits per heavy atom. The van der Waals surface area contributed by atoms with Crippen molar-refractivity contribution in [2.24, 2.45) is 5.73 Å². The van der Waals surface area contributed by atoms with Gasteiger partial charge in [0.15, 0.2) is 11.5 Å². The van der Waals surface area contributed by atoms with Crippen molar-refractivity contribution in [1.82, 2.24) is 15.0 Å². The average Bonchev–Trinajstić information content (AvgIpc) is 2.94. The molecule has 120 valence electrons. The van der Waals surface area contributed by atoms with Gasteiger partial charge in [0.2, 0.25) is 0 Å². The Bertz CT molecular complexity index is 613. The summed E-state index contributed by atoms with van der Waals surface area (Å²) in [6, 6.07) is 5.85. The highest BCUT2D eigenvalue weighted by molar-refractivity contribution is 5.43. The molecule has 0 atom stereocenters. The zero-order valence-corrected chi connectivity index (χ0v) is 13.0. The predicted octanol–water partition coefficient (Wildman–Crippen LogP) is 0.532. The highest BCUT2D eigenvalue weighted by Gasteiger charge is 2.12. The second kappa shape index (κ2) is 7.77.